The Morgan fingerprint density at radius 3 is 3.31 bits per heavy atom. The van der Waals surface area contributed by atoms with Gasteiger partial charge in [0, 0.05) is 6.54 Å². The lowest BCUT2D eigenvalue weighted by atomic mass is 10.1. The molecule has 1 saturated heterocycles. The van der Waals surface area contributed by atoms with E-state index in [4.69, 9.17) is 0 Å². The van der Waals surface area contributed by atoms with Gasteiger partial charge in [-0.05, 0) is 23.8 Å². The minimum absolute atomic E-state index is 0.721. The molecule has 2 aromatic heterocycles. The summed E-state index contributed by atoms with van der Waals surface area (Å²) in [4.78, 5) is 15.5. The number of thioether (sulfide) groups is 1. The molecule has 2 aromatic rings. The van der Waals surface area contributed by atoms with Gasteiger partial charge in [0.1, 0.15) is 11.8 Å². The number of imidazole rings is 1. The van der Waals surface area contributed by atoms with Crippen LogP contribution in [0.25, 0.3) is 11.2 Å². The first kappa shape index (κ1) is 9.89. The molecule has 1 atom stereocenters. The van der Waals surface area contributed by atoms with Crippen LogP contribution < -0.4 is 5.32 Å². The van der Waals surface area contributed by atoms with E-state index in [-0.39, 0.29) is 0 Å². The molecule has 3 heterocycles. The molecule has 0 saturated carbocycles. The highest BCUT2D eigenvalue weighted by molar-refractivity contribution is 7.99. The Bertz CT molecular complexity index is 477. The molecule has 84 valence electrons. The Morgan fingerprint density at radius 2 is 2.44 bits per heavy atom. The third-order valence-electron chi connectivity index (χ3n) is 2.81. The second-order valence-corrected chi connectivity index (χ2v) is 5.08. The molecule has 1 aliphatic heterocycles. The fraction of sp³-hybridized carbons (Fsp3) is 0.500. The van der Waals surface area contributed by atoms with E-state index in [1.165, 1.54) is 17.9 Å². The van der Waals surface area contributed by atoms with Gasteiger partial charge in [-0.1, -0.05) is 0 Å². The van der Waals surface area contributed by atoms with Crippen molar-refractivity contribution in [3.63, 3.8) is 0 Å². The van der Waals surface area contributed by atoms with Crippen LogP contribution in [0.1, 0.15) is 6.42 Å². The average molecular weight is 235 g/mol. The van der Waals surface area contributed by atoms with Crippen LogP contribution in [0.4, 0.5) is 5.82 Å². The highest BCUT2D eigenvalue weighted by Crippen LogP contribution is 2.24. The summed E-state index contributed by atoms with van der Waals surface area (Å²) in [6.07, 6.45) is 4.50. The summed E-state index contributed by atoms with van der Waals surface area (Å²) in [5.74, 6) is 4.16. The van der Waals surface area contributed by atoms with Crippen LogP contribution in [-0.4, -0.2) is 38.0 Å². The minimum Gasteiger partial charge on any atom is -0.368 e. The molecule has 1 aliphatic rings. The molecule has 2 N–H and O–H groups in total. The van der Waals surface area contributed by atoms with Crippen LogP contribution in [-0.2, 0) is 0 Å². The van der Waals surface area contributed by atoms with Crippen LogP contribution in [0.5, 0.6) is 0 Å². The average Bonchev–Trinajstić information content (AvgIpc) is 2.97. The first-order chi connectivity index (χ1) is 7.93. The Labute approximate surface area is 97.5 Å². The van der Waals surface area contributed by atoms with Gasteiger partial charge in [-0.2, -0.15) is 11.8 Å². The monoisotopic (exact) mass is 235 g/mol. The van der Waals surface area contributed by atoms with E-state index in [9.17, 15) is 0 Å². The summed E-state index contributed by atoms with van der Waals surface area (Å²) in [7, 11) is 0. The third-order valence-corrected chi connectivity index (χ3v) is 4.04. The smallest absolute Gasteiger partial charge is 0.182 e. The normalized spacial score (nSPS) is 20.4. The number of hydrogen-bond acceptors (Lipinski definition) is 5. The predicted octanol–water partition coefficient (Wildman–Crippen LogP) is 1.52. The van der Waals surface area contributed by atoms with Gasteiger partial charge in [-0.25, -0.2) is 15.0 Å². The SMILES string of the molecule is c1nc(NCC2CCSC2)c2[nH]cnc2n1. The van der Waals surface area contributed by atoms with E-state index >= 15 is 0 Å². The van der Waals surface area contributed by atoms with Crippen molar-refractivity contribution < 1.29 is 0 Å². The number of nitrogens with zero attached hydrogens (tertiary/aromatic N) is 3. The summed E-state index contributed by atoms with van der Waals surface area (Å²) in [6, 6.07) is 0. The first-order valence-electron chi connectivity index (χ1n) is 5.39. The predicted molar refractivity (Wildman–Crippen MR) is 65.6 cm³/mol. The van der Waals surface area contributed by atoms with Gasteiger partial charge in [-0.3, -0.25) is 0 Å². The van der Waals surface area contributed by atoms with Gasteiger partial charge in [0.05, 0.1) is 6.33 Å². The molecule has 3 rings (SSSR count). The summed E-state index contributed by atoms with van der Waals surface area (Å²) in [5, 5.41) is 3.38. The number of aromatic nitrogens is 4. The molecule has 0 bridgehead atoms. The molecule has 1 unspecified atom stereocenters. The zero-order chi connectivity index (χ0) is 10.8. The van der Waals surface area contributed by atoms with E-state index < -0.39 is 0 Å². The number of H-pyrrole nitrogens is 1. The fourth-order valence-corrected chi connectivity index (χ4v) is 3.17. The molecule has 6 heteroatoms. The van der Waals surface area contributed by atoms with E-state index in [0.717, 1.165) is 29.4 Å². The van der Waals surface area contributed by atoms with E-state index in [1.807, 2.05) is 11.8 Å². The summed E-state index contributed by atoms with van der Waals surface area (Å²) in [5.41, 5.74) is 1.62. The number of nitrogens with one attached hydrogen (secondary N) is 2. The summed E-state index contributed by atoms with van der Waals surface area (Å²) in [6.45, 7) is 0.984. The maximum absolute atomic E-state index is 4.24. The van der Waals surface area contributed by atoms with Crippen LogP contribution in [0.15, 0.2) is 12.7 Å². The van der Waals surface area contributed by atoms with Crippen molar-refractivity contribution in [3.05, 3.63) is 12.7 Å². The number of fused-ring (bicyclic) bond motifs is 1. The van der Waals surface area contributed by atoms with Crippen molar-refractivity contribution in [2.24, 2.45) is 5.92 Å². The highest BCUT2D eigenvalue weighted by atomic mass is 32.2. The van der Waals surface area contributed by atoms with E-state index in [1.54, 1.807) is 12.7 Å². The van der Waals surface area contributed by atoms with Gasteiger partial charge in [0.2, 0.25) is 0 Å². The molecule has 16 heavy (non-hydrogen) atoms. The molecular formula is C10H13N5S. The van der Waals surface area contributed by atoms with Crippen LogP contribution in [0, 0.1) is 5.92 Å². The van der Waals surface area contributed by atoms with Crippen LogP contribution in [0.3, 0.4) is 0 Å². The van der Waals surface area contributed by atoms with Crippen molar-refractivity contribution in [2.75, 3.05) is 23.4 Å². The lowest BCUT2D eigenvalue weighted by Crippen LogP contribution is -2.14. The quantitative estimate of drug-likeness (QED) is 0.844. The second-order valence-electron chi connectivity index (χ2n) is 3.93. The maximum Gasteiger partial charge on any atom is 0.182 e. The van der Waals surface area contributed by atoms with Crippen LogP contribution in [0.2, 0.25) is 0 Å². The van der Waals surface area contributed by atoms with Crippen molar-refractivity contribution in [1.29, 1.82) is 0 Å². The summed E-state index contributed by atoms with van der Waals surface area (Å²) >= 11 is 2.03. The van der Waals surface area contributed by atoms with Crippen molar-refractivity contribution in [2.45, 2.75) is 6.42 Å². The standard InChI is InChI=1S/C10H13N5S/c1-2-16-4-7(1)3-11-9-8-10(13-5-12-8)15-6-14-9/h5-7H,1-4H2,(H2,11,12,13,14,15). The molecule has 1 fully saturated rings. The number of anilines is 1. The van der Waals surface area contributed by atoms with Gasteiger partial charge < -0.3 is 10.3 Å². The number of hydrogen-bond donors (Lipinski definition) is 2. The van der Waals surface area contributed by atoms with Gasteiger partial charge in [0.15, 0.2) is 11.5 Å². The molecule has 5 nitrogen and oxygen atoms in total. The fourth-order valence-electron chi connectivity index (χ4n) is 1.88. The van der Waals surface area contributed by atoms with Crippen molar-refractivity contribution in [3.8, 4) is 0 Å². The number of rotatable bonds is 3. The molecule has 0 aliphatic carbocycles. The maximum atomic E-state index is 4.24. The van der Waals surface area contributed by atoms with Crippen LogP contribution >= 0.6 is 11.8 Å². The zero-order valence-corrected chi connectivity index (χ0v) is 9.63. The van der Waals surface area contributed by atoms with Gasteiger partial charge in [0.25, 0.3) is 0 Å². The molecule has 0 aromatic carbocycles. The molecule has 0 radical (unpaired) electrons. The Kier molecular flexibility index (Phi) is 2.65. The molecule has 0 spiro atoms. The van der Waals surface area contributed by atoms with E-state index in [2.05, 4.69) is 25.3 Å². The Balaban J connectivity index is 1.75. The van der Waals surface area contributed by atoms with Gasteiger partial charge in [-0.15, -0.1) is 0 Å². The number of aromatic amines is 1. The third kappa shape index (κ3) is 1.84. The van der Waals surface area contributed by atoms with Gasteiger partial charge >= 0.3 is 0 Å². The second kappa shape index (κ2) is 4.29. The molecular weight excluding hydrogens is 222 g/mol. The molecule has 0 amide bonds. The van der Waals surface area contributed by atoms with Crippen molar-refractivity contribution in [1.82, 2.24) is 19.9 Å². The Hall–Kier alpha value is -1.30. The van der Waals surface area contributed by atoms with Crippen molar-refractivity contribution >= 4 is 28.7 Å². The summed E-state index contributed by atoms with van der Waals surface area (Å²) < 4.78 is 0. The lowest BCUT2D eigenvalue weighted by molar-refractivity contribution is 0.631. The van der Waals surface area contributed by atoms with E-state index in [0.29, 0.717) is 0 Å². The zero-order valence-electron chi connectivity index (χ0n) is 8.81. The largest absolute Gasteiger partial charge is 0.368 e. The Morgan fingerprint density at radius 1 is 1.44 bits per heavy atom. The topological polar surface area (TPSA) is 66.5 Å². The minimum atomic E-state index is 0.721. The highest BCUT2D eigenvalue weighted by Gasteiger charge is 2.15. The first-order valence-corrected chi connectivity index (χ1v) is 6.54. The lowest BCUT2D eigenvalue weighted by Gasteiger charge is -2.10.